The summed E-state index contributed by atoms with van der Waals surface area (Å²) in [5, 5.41) is 13.0. The molecule has 2 fully saturated rings. The zero-order chi connectivity index (χ0) is 18.9. The average Bonchev–Trinajstić information content (AvgIpc) is 2.55. The summed E-state index contributed by atoms with van der Waals surface area (Å²) in [6, 6.07) is 2.57. The molecule has 7 nitrogen and oxygen atoms in total. The largest absolute Gasteiger partial charge is 0.506 e. The summed E-state index contributed by atoms with van der Waals surface area (Å²) in [5.41, 5.74) is 0.00389. The number of piperidine rings is 1. The van der Waals surface area contributed by atoms with Crippen molar-refractivity contribution in [2.75, 3.05) is 13.1 Å². The Morgan fingerprint density at radius 2 is 1.77 bits per heavy atom. The van der Waals surface area contributed by atoms with Gasteiger partial charge in [0.2, 0.25) is 0 Å². The van der Waals surface area contributed by atoms with Crippen LogP contribution in [-0.2, 0) is 10.2 Å². The van der Waals surface area contributed by atoms with Crippen molar-refractivity contribution >= 4 is 39.3 Å². The third-order valence-corrected chi connectivity index (χ3v) is 7.01. The maximum Gasteiger partial charge on any atom is 0.279 e. The van der Waals surface area contributed by atoms with Crippen molar-refractivity contribution in [1.29, 1.82) is 0 Å². The lowest BCUT2D eigenvalue weighted by molar-refractivity contribution is 0.0921. The lowest BCUT2D eigenvalue weighted by Crippen LogP contribution is -2.52. The minimum absolute atomic E-state index is 0.00389. The van der Waals surface area contributed by atoms with E-state index in [0.29, 0.717) is 25.9 Å². The van der Waals surface area contributed by atoms with Crippen LogP contribution in [0.5, 0.6) is 5.75 Å². The van der Waals surface area contributed by atoms with Crippen molar-refractivity contribution in [3.05, 3.63) is 27.7 Å². The van der Waals surface area contributed by atoms with Gasteiger partial charge < -0.3 is 10.4 Å². The Kier molecular flexibility index (Phi) is 5.98. The van der Waals surface area contributed by atoms with Crippen LogP contribution in [0.15, 0.2) is 12.1 Å². The minimum Gasteiger partial charge on any atom is -0.506 e. The molecule has 0 bridgehead atoms. The number of aromatic hydroxyl groups is 1. The summed E-state index contributed by atoms with van der Waals surface area (Å²) in [4.78, 5) is 12.4. The fraction of sp³-hybridized carbons (Fsp3) is 0.562. The molecule has 0 unspecified atom stereocenters. The highest BCUT2D eigenvalue weighted by Crippen LogP contribution is 2.31. The number of benzene rings is 1. The van der Waals surface area contributed by atoms with Crippen molar-refractivity contribution < 1.29 is 18.3 Å². The molecule has 1 heterocycles. The molecule has 1 saturated heterocycles. The first-order valence-electron chi connectivity index (χ1n) is 8.52. The number of hydrogen-bond acceptors (Lipinski definition) is 4. The molecule has 3 N–H and O–H groups in total. The highest BCUT2D eigenvalue weighted by atomic mass is 35.5. The second-order valence-electron chi connectivity index (χ2n) is 6.68. The molecule has 2 aliphatic rings. The number of rotatable bonds is 5. The van der Waals surface area contributed by atoms with Gasteiger partial charge in [-0.25, -0.2) is 0 Å². The third-order valence-electron chi connectivity index (χ3n) is 4.82. The van der Waals surface area contributed by atoms with Gasteiger partial charge in [0.15, 0.2) is 0 Å². The zero-order valence-electron chi connectivity index (χ0n) is 14.0. The van der Waals surface area contributed by atoms with Crippen molar-refractivity contribution in [3.8, 4) is 5.75 Å². The van der Waals surface area contributed by atoms with Crippen LogP contribution in [0.3, 0.4) is 0 Å². The van der Waals surface area contributed by atoms with E-state index in [1.165, 1.54) is 16.4 Å². The minimum atomic E-state index is -3.47. The monoisotopic (exact) mass is 421 g/mol. The standard InChI is InChI=1S/C16H21Cl2N3O4S/c17-10-8-13(15(22)14(18)9-10)16(23)19-11-4-6-21(7-5-11)26(24,25)20-12-2-1-3-12/h8-9,11-12,20,22H,1-7H2,(H,19,23). The second-order valence-corrected chi connectivity index (χ2v) is 9.23. The Bertz CT molecular complexity index is 791. The summed E-state index contributed by atoms with van der Waals surface area (Å²) in [5.74, 6) is -0.806. The van der Waals surface area contributed by atoms with Crippen molar-refractivity contribution in [2.24, 2.45) is 0 Å². The van der Waals surface area contributed by atoms with Crippen LogP contribution in [0.1, 0.15) is 42.5 Å². The molecule has 1 aromatic rings. The summed E-state index contributed by atoms with van der Waals surface area (Å²) < 4.78 is 28.8. The molecule has 1 aromatic carbocycles. The van der Waals surface area contributed by atoms with Crippen LogP contribution in [0.2, 0.25) is 10.0 Å². The first-order valence-corrected chi connectivity index (χ1v) is 10.7. The molecule has 1 amide bonds. The van der Waals surface area contributed by atoms with Crippen molar-refractivity contribution in [3.63, 3.8) is 0 Å². The molecule has 1 aliphatic heterocycles. The van der Waals surface area contributed by atoms with E-state index in [1.54, 1.807) is 0 Å². The molecule has 0 aromatic heterocycles. The molecule has 0 spiro atoms. The lowest BCUT2D eigenvalue weighted by atomic mass is 9.94. The molecule has 0 radical (unpaired) electrons. The Balaban J connectivity index is 1.56. The maximum atomic E-state index is 12.4. The summed E-state index contributed by atoms with van der Waals surface area (Å²) in [7, 11) is -3.47. The van der Waals surface area contributed by atoms with Crippen LogP contribution in [0, 0.1) is 0 Å². The third kappa shape index (κ3) is 4.43. The lowest BCUT2D eigenvalue weighted by Gasteiger charge is -2.34. The maximum absolute atomic E-state index is 12.4. The van der Waals surface area contributed by atoms with Gasteiger partial charge in [0.25, 0.3) is 16.1 Å². The first-order chi connectivity index (χ1) is 12.3. The molecule has 144 valence electrons. The second kappa shape index (κ2) is 7.90. The Labute approximate surface area is 162 Å². The number of amides is 1. The van der Waals surface area contributed by atoms with E-state index in [-0.39, 0.29) is 33.4 Å². The molecule has 1 saturated carbocycles. The van der Waals surface area contributed by atoms with Gasteiger partial charge in [0, 0.05) is 30.2 Å². The number of nitrogens with zero attached hydrogens (tertiary/aromatic N) is 1. The van der Waals surface area contributed by atoms with Crippen LogP contribution >= 0.6 is 23.2 Å². The highest BCUT2D eigenvalue weighted by molar-refractivity contribution is 7.87. The highest BCUT2D eigenvalue weighted by Gasteiger charge is 2.32. The van der Waals surface area contributed by atoms with Crippen LogP contribution in [0.4, 0.5) is 0 Å². The summed E-state index contributed by atoms with van der Waals surface area (Å²) in [6.07, 6.45) is 3.81. The number of phenols is 1. The molecular weight excluding hydrogens is 401 g/mol. The van der Waals surface area contributed by atoms with Gasteiger partial charge in [0.05, 0.1) is 10.6 Å². The normalized spacial score (nSPS) is 19.9. The summed E-state index contributed by atoms with van der Waals surface area (Å²) in [6.45, 7) is 0.657. The number of carbonyl (C=O) groups excluding carboxylic acids is 1. The SMILES string of the molecule is O=C(NC1CCN(S(=O)(=O)NC2CCC2)CC1)c1cc(Cl)cc(Cl)c1O. The number of halogens is 2. The summed E-state index contributed by atoms with van der Waals surface area (Å²) >= 11 is 11.7. The molecule has 0 atom stereocenters. The Hall–Kier alpha value is -1.06. The number of hydrogen-bond donors (Lipinski definition) is 3. The smallest absolute Gasteiger partial charge is 0.279 e. The van der Waals surface area contributed by atoms with Crippen molar-refractivity contribution in [2.45, 2.75) is 44.2 Å². The molecular formula is C16H21Cl2N3O4S. The van der Waals surface area contributed by atoms with Gasteiger partial charge in [-0.2, -0.15) is 17.4 Å². The van der Waals surface area contributed by atoms with Crippen LogP contribution < -0.4 is 10.0 Å². The van der Waals surface area contributed by atoms with E-state index in [4.69, 9.17) is 23.2 Å². The van der Waals surface area contributed by atoms with Crippen LogP contribution in [0.25, 0.3) is 0 Å². The van der Waals surface area contributed by atoms with E-state index < -0.39 is 16.1 Å². The van der Waals surface area contributed by atoms with Gasteiger partial charge in [-0.3, -0.25) is 4.79 Å². The number of nitrogens with one attached hydrogen (secondary N) is 2. The first kappa shape index (κ1) is 19.7. The van der Waals surface area contributed by atoms with Gasteiger partial charge >= 0.3 is 0 Å². The van der Waals surface area contributed by atoms with Crippen LogP contribution in [-0.4, -0.2) is 48.9 Å². The number of carbonyl (C=O) groups is 1. The van der Waals surface area contributed by atoms with Gasteiger partial charge in [-0.05, 0) is 37.8 Å². The van der Waals surface area contributed by atoms with Crippen molar-refractivity contribution in [1.82, 2.24) is 14.3 Å². The fourth-order valence-corrected chi connectivity index (χ4v) is 5.04. The van der Waals surface area contributed by atoms with Gasteiger partial charge in [-0.15, -0.1) is 0 Å². The average molecular weight is 422 g/mol. The predicted octanol–water partition coefficient (Wildman–Crippen LogP) is 2.28. The van der Waals surface area contributed by atoms with E-state index in [1.807, 2.05) is 0 Å². The molecule has 26 heavy (non-hydrogen) atoms. The Morgan fingerprint density at radius 3 is 2.35 bits per heavy atom. The topological polar surface area (TPSA) is 98.7 Å². The molecule has 10 heteroatoms. The van der Waals surface area contributed by atoms with E-state index >= 15 is 0 Å². The quantitative estimate of drug-likeness (QED) is 0.678. The van der Waals surface area contributed by atoms with Gasteiger partial charge in [0.1, 0.15) is 5.75 Å². The van der Waals surface area contributed by atoms with E-state index in [0.717, 1.165) is 19.3 Å². The molecule has 1 aliphatic carbocycles. The zero-order valence-corrected chi connectivity index (χ0v) is 16.4. The van der Waals surface area contributed by atoms with Gasteiger partial charge in [-0.1, -0.05) is 29.6 Å². The van der Waals surface area contributed by atoms with E-state index in [9.17, 15) is 18.3 Å². The Morgan fingerprint density at radius 1 is 1.12 bits per heavy atom. The van der Waals surface area contributed by atoms with E-state index in [2.05, 4.69) is 10.0 Å². The molecule has 3 rings (SSSR count). The number of phenolic OH excluding ortho intramolecular Hbond substituents is 1. The predicted molar refractivity (Wildman–Crippen MR) is 99.9 cm³/mol. The fourth-order valence-electron chi connectivity index (χ4n) is 3.05.